The molecule has 4 heteroatoms. The number of hydrogen-bond acceptors (Lipinski definition) is 3. The highest BCUT2D eigenvalue weighted by molar-refractivity contribution is 5.31. The van der Waals surface area contributed by atoms with Crippen LogP contribution in [-0.2, 0) is 11.2 Å². The second-order valence-corrected chi connectivity index (χ2v) is 4.17. The zero-order valence-electron chi connectivity index (χ0n) is 11.3. The number of halogens is 1. The first-order valence-corrected chi connectivity index (χ1v) is 6.26. The van der Waals surface area contributed by atoms with Crippen molar-refractivity contribution < 1.29 is 13.9 Å². The third-order valence-electron chi connectivity index (χ3n) is 2.89. The van der Waals surface area contributed by atoms with E-state index < -0.39 is 0 Å². The zero-order valence-corrected chi connectivity index (χ0v) is 11.3. The van der Waals surface area contributed by atoms with Crippen LogP contribution in [0, 0.1) is 5.82 Å². The lowest BCUT2D eigenvalue weighted by molar-refractivity contribution is 0.182. The van der Waals surface area contributed by atoms with Crippen LogP contribution in [0.4, 0.5) is 4.39 Å². The summed E-state index contributed by atoms with van der Waals surface area (Å²) in [7, 11) is 3.16. The van der Waals surface area contributed by atoms with Gasteiger partial charge in [0.2, 0.25) is 0 Å². The Morgan fingerprint density at radius 3 is 2.72 bits per heavy atom. The van der Waals surface area contributed by atoms with E-state index in [-0.39, 0.29) is 11.9 Å². The largest absolute Gasteiger partial charge is 0.494 e. The van der Waals surface area contributed by atoms with Crippen molar-refractivity contribution in [2.24, 2.45) is 0 Å². The molecule has 1 unspecified atom stereocenters. The summed E-state index contributed by atoms with van der Waals surface area (Å²) in [6, 6.07) is 5.47. The van der Waals surface area contributed by atoms with Crippen LogP contribution < -0.4 is 10.1 Å². The molecular weight excluding hydrogens is 233 g/mol. The monoisotopic (exact) mass is 255 g/mol. The molecule has 1 atom stereocenters. The number of ether oxygens (including phenoxy) is 2. The summed E-state index contributed by atoms with van der Waals surface area (Å²) in [5, 5.41) is 3.34. The predicted molar refractivity (Wildman–Crippen MR) is 70.6 cm³/mol. The van der Waals surface area contributed by atoms with Crippen LogP contribution in [-0.4, -0.2) is 33.4 Å². The molecule has 0 radical (unpaired) electrons. The van der Waals surface area contributed by atoms with Crippen molar-refractivity contribution in [2.75, 3.05) is 27.4 Å². The first-order chi connectivity index (χ1) is 8.72. The first-order valence-electron chi connectivity index (χ1n) is 6.26. The summed E-state index contributed by atoms with van der Waals surface area (Å²) >= 11 is 0. The lowest BCUT2D eigenvalue weighted by atomic mass is 10.0. The van der Waals surface area contributed by atoms with Gasteiger partial charge in [-0.25, -0.2) is 4.39 Å². The van der Waals surface area contributed by atoms with Crippen molar-refractivity contribution in [1.82, 2.24) is 5.32 Å². The van der Waals surface area contributed by atoms with Crippen LogP contribution in [0.1, 0.15) is 18.9 Å². The maximum atomic E-state index is 14.0. The van der Waals surface area contributed by atoms with Crippen molar-refractivity contribution in [1.29, 1.82) is 0 Å². The Labute approximate surface area is 108 Å². The molecule has 0 aromatic heterocycles. The average molecular weight is 255 g/mol. The number of rotatable bonds is 8. The van der Waals surface area contributed by atoms with Gasteiger partial charge in [0, 0.05) is 19.8 Å². The molecule has 3 nitrogen and oxygen atoms in total. The fourth-order valence-electron chi connectivity index (χ4n) is 1.96. The van der Waals surface area contributed by atoms with Gasteiger partial charge in [-0.3, -0.25) is 0 Å². The molecule has 18 heavy (non-hydrogen) atoms. The Hall–Kier alpha value is -1.13. The van der Waals surface area contributed by atoms with E-state index in [2.05, 4.69) is 5.32 Å². The van der Waals surface area contributed by atoms with Gasteiger partial charge in [0.25, 0.3) is 0 Å². The van der Waals surface area contributed by atoms with E-state index in [1.165, 1.54) is 7.11 Å². The maximum absolute atomic E-state index is 14.0. The van der Waals surface area contributed by atoms with Gasteiger partial charge in [-0.05, 0) is 31.0 Å². The second-order valence-electron chi connectivity index (χ2n) is 4.17. The Morgan fingerprint density at radius 1 is 1.33 bits per heavy atom. The summed E-state index contributed by atoms with van der Waals surface area (Å²) in [6.45, 7) is 3.57. The molecule has 1 N–H and O–H groups in total. The van der Waals surface area contributed by atoms with Crippen LogP contribution in [0.2, 0.25) is 0 Å². The fourth-order valence-corrected chi connectivity index (χ4v) is 1.96. The van der Waals surface area contributed by atoms with Crippen LogP contribution in [0.25, 0.3) is 0 Å². The minimum absolute atomic E-state index is 0.219. The van der Waals surface area contributed by atoms with Crippen molar-refractivity contribution in [2.45, 2.75) is 25.8 Å². The van der Waals surface area contributed by atoms with E-state index in [0.717, 1.165) is 13.0 Å². The molecule has 1 rings (SSSR count). The maximum Gasteiger partial charge on any atom is 0.168 e. The predicted octanol–water partition coefficient (Wildman–Crippen LogP) is 2.39. The highest BCUT2D eigenvalue weighted by atomic mass is 19.1. The number of methoxy groups -OCH3 is 2. The number of hydrogen-bond donors (Lipinski definition) is 1. The van der Waals surface area contributed by atoms with E-state index >= 15 is 0 Å². The van der Waals surface area contributed by atoms with Gasteiger partial charge in [0.15, 0.2) is 11.6 Å². The fraction of sp³-hybridized carbons (Fsp3) is 0.571. The Morgan fingerprint density at radius 2 is 2.11 bits per heavy atom. The molecule has 1 aromatic rings. The molecule has 0 aliphatic rings. The molecule has 0 saturated carbocycles. The summed E-state index contributed by atoms with van der Waals surface area (Å²) in [5.41, 5.74) is 0.677. The summed E-state index contributed by atoms with van der Waals surface area (Å²) in [5.74, 6) is 0.0369. The molecule has 1 aromatic carbocycles. The molecule has 0 saturated heterocycles. The van der Waals surface area contributed by atoms with Gasteiger partial charge < -0.3 is 14.8 Å². The molecule has 0 amide bonds. The summed E-state index contributed by atoms with van der Waals surface area (Å²) < 4.78 is 24.1. The second kappa shape index (κ2) is 8.06. The topological polar surface area (TPSA) is 30.5 Å². The highest BCUT2D eigenvalue weighted by Gasteiger charge is 2.14. The Kier molecular flexibility index (Phi) is 6.68. The lowest BCUT2D eigenvalue weighted by Crippen LogP contribution is -2.32. The smallest absolute Gasteiger partial charge is 0.168 e. The Balaban J connectivity index is 2.73. The molecule has 0 fully saturated rings. The van der Waals surface area contributed by atoms with E-state index in [4.69, 9.17) is 9.47 Å². The van der Waals surface area contributed by atoms with Gasteiger partial charge in [-0.15, -0.1) is 0 Å². The van der Waals surface area contributed by atoms with Crippen LogP contribution in [0.5, 0.6) is 5.75 Å². The van der Waals surface area contributed by atoms with Crippen molar-refractivity contribution in [3.63, 3.8) is 0 Å². The van der Waals surface area contributed by atoms with Crippen molar-refractivity contribution in [3.8, 4) is 5.75 Å². The van der Waals surface area contributed by atoms with E-state index in [9.17, 15) is 4.39 Å². The number of benzene rings is 1. The standard InChI is InChI=1S/C14H22FNO2/c1-4-16-12(8-9-17-2)10-11-6-5-7-13(18-3)14(11)15/h5-7,12,16H,4,8-10H2,1-3H3. The highest BCUT2D eigenvalue weighted by Crippen LogP contribution is 2.21. The molecule has 0 spiro atoms. The van der Waals surface area contributed by atoms with Crippen molar-refractivity contribution >= 4 is 0 Å². The van der Waals surface area contributed by atoms with Crippen LogP contribution in [0.3, 0.4) is 0 Å². The normalized spacial score (nSPS) is 12.4. The molecule has 0 aliphatic carbocycles. The van der Waals surface area contributed by atoms with Gasteiger partial charge in [0.1, 0.15) is 0 Å². The first kappa shape index (κ1) is 14.9. The number of likely N-dealkylation sites (N-methyl/N-ethyl adjacent to an activating group) is 1. The van der Waals surface area contributed by atoms with Crippen molar-refractivity contribution in [3.05, 3.63) is 29.6 Å². The third-order valence-corrected chi connectivity index (χ3v) is 2.89. The van der Waals surface area contributed by atoms with Gasteiger partial charge in [-0.1, -0.05) is 19.1 Å². The molecular formula is C14H22FNO2. The lowest BCUT2D eigenvalue weighted by Gasteiger charge is -2.18. The summed E-state index contributed by atoms with van der Waals surface area (Å²) in [6.07, 6.45) is 1.50. The van der Waals surface area contributed by atoms with E-state index in [1.54, 1.807) is 19.2 Å². The van der Waals surface area contributed by atoms with Crippen LogP contribution in [0.15, 0.2) is 18.2 Å². The van der Waals surface area contributed by atoms with Gasteiger partial charge in [-0.2, -0.15) is 0 Å². The molecule has 0 aliphatic heterocycles. The third kappa shape index (κ3) is 4.27. The van der Waals surface area contributed by atoms with Gasteiger partial charge >= 0.3 is 0 Å². The average Bonchev–Trinajstić information content (AvgIpc) is 2.38. The van der Waals surface area contributed by atoms with Gasteiger partial charge in [0.05, 0.1) is 7.11 Å². The molecule has 0 heterocycles. The van der Waals surface area contributed by atoms with E-state index in [0.29, 0.717) is 24.3 Å². The molecule has 102 valence electrons. The number of nitrogens with one attached hydrogen (secondary N) is 1. The van der Waals surface area contributed by atoms with E-state index in [1.807, 2.05) is 13.0 Å². The molecule has 0 bridgehead atoms. The quantitative estimate of drug-likeness (QED) is 0.773. The minimum atomic E-state index is -0.264. The zero-order chi connectivity index (χ0) is 13.4. The SMILES string of the molecule is CCNC(CCOC)Cc1cccc(OC)c1F. The Bertz CT molecular complexity index is 358. The minimum Gasteiger partial charge on any atom is -0.494 e. The summed E-state index contributed by atoms with van der Waals surface area (Å²) in [4.78, 5) is 0. The van der Waals surface area contributed by atoms with Crippen LogP contribution >= 0.6 is 0 Å².